The molecule has 1 aliphatic rings. The first-order chi connectivity index (χ1) is 8.18. The zero-order valence-corrected chi connectivity index (χ0v) is 10.6. The minimum Gasteiger partial charge on any atom is -0.377 e. The van der Waals surface area contributed by atoms with Gasteiger partial charge in [0, 0.05) is 32.9 Å². The summed E-state index contributed by atoms with van der Waals surface area (Å²) >= 11 is 0. The van der Waals surface area contributed by atoms with Crippen LogP contribution in [0.25, 0.3) is 0 Å². The Morgan fingerprint density at radius 3 is 3.12 bits per heavy atom. The normalized spacial score (nSPS) is 25.0. The van der Waals surface area contributed by atoms with E-state index in [-0.39, 0.29) is 5.60 Å². The SMILES string of the molecule is COC1(C)CCCN(c2cccnc2CN)C1. The van der Waals surface area contributed by atoms with Gasteiger partial charge in [-0.05, 0) is 31.9 Å². The molecule has 1 aromatic rings. The Morgan fingerprint density at radius 2 is 2.41 bits per heavy atom. The van der Waals surface area contributed by atoms with Crippen LogP contribution in [0.4, 0.5) is 5.69 Å². The number of piperidine rings is 1. The first-order valence-corrected chi connectivity index (χ1v) is 6.12. The Balaban J connectivity index is 2.22. The van der Waals surface area contributed by atoms with Crippen molar-refractivity contribution in [3.63, 3.8) is 0 Å². The van der Waals surface area contributed by atoms with E-state index in [0.29, 0.717) is 6.54 Å². The van der Waals surface area contributed by atoms with Crippen LogP contribution in [0.5, 0.6) is 0 Å². The Labute approximate surface area is 103 Å². The van der Waals surface area contributed by atoms with Crippen molar-refractivity contribution in [2.45, 2.75) is 31.9 Å². The van der Waals surface area contributed by atoms with E-state index >= 15 is 0 Å². The van der Waals surface area contributed by atoms with Crippen molar-refractivity contribution < 1.29 is 4.74 Å². The van der Waals surface area contributed by atoms with Crippen LogP contribution in [0.2, 0.25) is 0 Å². The van der Waals surface area contributed by atoms with Gasteiger partial charge in [0.05, 0.1) is 17.0 Å². The third-order valence-electron chi connectivity index (χ3n) is 3.55. The number of hydrogen-bond donors (Lipinski definition) is 1. The predicted molar refractivity (Wildman–Crippen MR) is 69.0 cm³/mol. The van der Waals surface area contributed by atoms with E-state index in [1.165, 1.54) is 0 Å². The predicted octanol–water partition coefficient (Wildman–Crippen LogP) is 1.55. The zero-order valence-electron chi connectivity index (χ0n) is 10.6. The second-order valence-electron chi connectivity index (χ2n) is 4.85. The Hall–Kier alpha value is -1.13. The van der Waals surface area contributed by atoms with Gasteiger partial charge in [-0.25, -0.2) is 0 Å². The topological polar surface area (TPSA) is 51.4 Å². The van der Waals surface area contributed by atoms with Crippen molar-refractivity contribution in [2.75, 3.05) is 25.1 Å². The van der Waals surface area contributed by atoms with Crippen LogP contribution in [-0.2, 0) is 11.3 Å². The molecule has 2 heterocycles. The average Bonchev–Trinajstić information content (AvgIpc) is 2.39. The molecule has 94 valence electrons. The van der Waals surface area contributed by atoms with Gasteiger partial charge in [-0.2, -0.15) is 0 Å². The molecule has 17 heavy (non-hydrogen) atoms. The molecule has 0 aliphatic carbocycles. The molecule has 0 amide bonds. The first kappa shape index (κ1) is 12.3. The van der Waals surface area contributed by atoms with Crippen molar-refractivity contribution in [1.29, 1.82) is 0 Å². The van der Waals surface area contributed by atoms with E-state index in [1.54, 1.807) is 13.3 Å². The van der Waals surface area contributed by atoms with E-state index < -0.39 is 0 Å². The highest BCUT2D eigenvalue weighted by Crippen LogP contribution is 2.29. The Kier molecular flexibility index (Phi) is 3.64. The molecule has 1 aliphatic heterocycles. The first-order valence-electron chi connectivity index (χ1n) is 6.12. The largest absolute Gasteiger partial charge is 0.377 e. The van der Waals surface area contributed by atoms with Crippen LogP contribution >= 0.6 is 0 Å². The van der Waals surface area contributed by atoms with E-state index in [0.717, 1.165) is 37.3 Å². The molecule has 1 saturated heterocycles. The summed E-state index contributed by atoms with van der Waals surface area (Å²) in [5.74, 6) is 0. The zero-order chi connectivity index (χ0) is 12.3. The molecule has 0 bridgehead atoms. The summed E-state index contributed by atoms with van der Waals surface area (Å²) in [6.45, 7) is 4.61. The molecule has 0 spiro atoms. The standard InChI is InChI=1S/C13H21N3O/c1-13(17-2)6-4-8-16(10-13)12-5-3-7-15-11(12)9-14/h3,5,7H,4,6,8-10,14H2,1-2H3. The lowest BCUT2D eigenvalue weighted by Crippen LogP contribution is -2.47. The summed E-state index contributed by atoms with van der Waals surface area (Å²) in [5, 5.41) is 0. The van der Waals surface area contributed by atoms with Crippen LogP contribution in [0.3, 0.4) is 0 Å². The van der Waals surface area contributed by atoms with Gasteiger partial charge >= 0.3 is 0 Å². The maximum Gasteiger partial charge on any atom is 0.0825 e. The molecule has 4 heteroatoms. The molecule has 1 atom stereocenters. The van der Waals surface area contributed by atoms with E-state index in [4.69, 9.17) is 10.5 Å². The number of anilines is 1. The summed E-state index contributed by atoms with van der Waals surface area (Å²) < 4.78 is 5.61. The second-order valence-corrected chi connectivity index (χ2v) is 4.85. The molecule has 1 fully saturated rings. The summed E-state index contributed by atoms with van der Waals surface area (Å²) in [5.41, 5.74) is 7.80. The molecule has 1 unspecified atom stereocenters. The third kappa shape index (κ3) is 2.58. The van der Waals surface area contributed by atoms with Gasteiger partial charge in [0.15, 0.2) is 0 Å². The van der Waals surface area contributed by atoms with Crippen molar-refractivity contribution in [3.8, 4) is 0 Å². The molecule has 4 nitrogen and oxygen atoms in total. The van der Waals surface area contributed by atoms with Gasteiger partial charge in [-0.3, -0.25) is 4.98 Å². The minimum absolute atomic E-state index is 0.0556. The van der Waals surface area contributed by atoms with E-state index in [9.17, 15) is 0 Å². The molecular weight excluding hydrogens is 214 g/mol. The number of methoxy groups -OCH3 is 1. The maximum absolute atomic E-state index is 5.74. The number of rotatable bonds is 3. The number of hydrogen-bond acceptors (Lipinski definition) is 4. The van der Waals surface area contributed by atoms with Gasteiger partial charge in [-0.15, -0.1) is 0 Å². The molecule has 0 saturated carbocycles. The number of pyridine rings is 1. The quantitative estimate of drug-likeness (QED) is 0.863. The van der Waals surface area contributed by atoms with Crippen molar-refractivity contribution in [3.05, 3.63) is 24.0 Å². The molecule has 0 aromatic carbocycles. The van der Waals surface area contributed by atoms with Crippen LogP contribution in [0.1, 0.15) is 25.5 Å². The smallest absolute Gasteiger partial charge is 0.0825 e. The fourth-order valence-electron chi connectivity index (χ4n) is 2.45. The van der Waals surface area contributed by atoms with Gasteiger partial charge in [0.2, 0.25) is 0 Å². The average molecular weight is 235 g/mol. The van der Waals surface area contributed by atoms with Gasteiger partial charge in [0.25, 0.3) is 0 Å². The summed E-state index contributed by atoms with van der Waals surface area (Å²) in [7, 11) is 1.79. The van der Waals surface area contributed by atoms with Crippen LogP contribution in [0, 0.1) is 0 Å². The fraction of sp³-hybridized carbons (Fsp3) is 0.615. The monoisotopic (exact) mass is 235 g/mol. The lowest BCUT2D eigenvalue weighted by molar-refractivity contribution is -0.00469. The summed E-state index contributed by atoms with van der Waals surface area (Å²) in [6.07, 6.45) is 4.05. The molecule has 2 rings (SSSR count). The molecule has 1 aromatic heterocycles. The second kappa shape index (κ2) is 5.02. The number of aromatic nitrogens is 1. The Bertz CT molecular complexity index is 383. The minimum atomic E-state index is -0.0556. The lowest BCUT2D eigenvalue weighted by atomic mass is 9.94. The molecule has 0 radical (unpaired) electrons. The van der Waals surface area contributed by atoms with E-state index in [2.05, 4.69) is 22.9 Å². The third-order valence-corrected chi connectivity index (χ3v) is 3.55. The van der Waals surface area contributed by atoms with Gasteiger partial charge in [0.1, 0.15) is 0 Å². The number of ether oxygens (including phenoxy) is 1. The highest BCUT2D eigenvalue weighted by molar-refractivity contribution is 5.51. The highest BCUT2D eigenvalue weighted by atomic mass is 16.5. The van der Waals surface area contributed by atoms with Crippen LogP contribution in [-0.4, -0.2) is 30.8 Å². The van der Waals surface area contributed by atoms with Crippen LogP contribution in [0.15, 0.2) is 18.3 Å². The lowest BCUT2D eigenvalue weighted by Gasteiger charge is -2.41. The summed E-state index contributed by atoms with van der Waals surface area (Å²) in [6, 6.07) is 4.06. The van der Waals surface area contributed by atoms with Crippen molar-refractivity contribution >= 4 is 5.69 Å². The number of nitrogens with two attached hydrogens (primary N) is 1. The van der Waals surface area contributed by atoms with E-state index in [1.807, 2.05) is 6.07 Å². The number of nitrogens with zero attached hydrogens (tertiary/aromatic N) is 2. The highest BCUT2D eigenvalue weighted by Gasteiger charge is 2.31. The van der Waals surface area contributed by atoms with Crippen molar-refractivity contribution in [1.82, 2.24) is 4.98 Å². The van der Waals surface area contributed by atoms with Gasteiger partial charge in [-0.1, -0.05) is 0 Å². The van der Waals surface area contributed by atoms with Crippen LogP contribution < -0.4 is 10.6 Å². The molecule has 2 N–H and O–H groups in total. The summed E-state index contributed by atoms with van der Waals surface area (Å²) in [4.78, 5) is 6.67. The molecular formula is C13H21N3O. The fourth-order valence-corrected chi connectivity index (χ4v) is 2.45. The Morgan fingerprint density at radius 1 is 1.59 bits per heavy atom. The van der Waals surface area contributed by atoms with Crippen molar-refractivity contribution in [2.24, 2.45) is 5.73 Å². The maximum atomic E-state index is 5.74. The van der Waals surface area contributed by atoms with Gasteiger partial charge < -0.3 is 15.4 Å².